The molecule has 1 rings (SSSR count). The molecule has 0 aliphatic rings. The molecule has 1 aromatic rings. The molecule has 3 nitrogen and oxygen atoms in total. The summed E-state index contributed by atoms with van der Waals surface area (Å²) in [5.74, 6) is 1.52. The third-order valence-corrected chi connectivity index (χ3v) is 2.98. The zero-order valence-corrected chi connectivity index (χ0v) is 10.9. The van der Waals surface area contributed by atoms with Gasteiger partial charge in [0.15, 0.2) is 11.5 Å². The second kappa shape index (κ2) is 6.15. The van der Waals surface area contributed by atoms with Crippen LogP contribution in [0.1, 0.15) is 24.5 Å². The van der Waals surface area contributed by atoms with E-state index in [9.17, 15) is 0 Å². The van der Waals surface area contributed by atoms with E-state index >= 15 is 0 Å². The van der Waals surface area contributed by atoms with E-state index in [4.69, 9.17) is 14.7 Å². The Hall–Kier alpha value is -1.69. The fourth-order valence-corrected chi connectivity index (χ4v) is 1.79. The molecular formula is C14H19NO2. The summed E-state index contributed by atoms with van der Waals surface area (Å²) in [4.78, 5) is 0. The van der Waals surface area contributed by atoms with Gasteiger partial charge in [0, 0.05) is 0 Å². The quantitative estimate of drug-likeness (QED) is 0.784. The average molecular weight is 233 g/mol. The molecule has 1 aromatic carbocycles. The Kier molecular flexibility index (Phi) is 4.84. The SMILES string of the molecule is CCC(C#N)Cc1cc(OC)c(OC)cc1C. The summed E-state index contributed by atoms with van der Waals surface area (Å²) in [6.45, 7) is 4.06. The average Bonchev–Trinajstić information content (AvgIpc) is 2.36. The lowest BCUT2D eigenvalue weighted by atomic mass is 9.95. The molecule has 0 fully saturated rings. The van der Waals surface area contributed by atoms with Crippen molar-refractivity contribution in [2.45, 2.75) is 26.7 Å². The number of aryl methyl sites for hydroxylation is 1. The molecular weight excluding hydrogens is 214 g/mol. The summed E-state index contributed by atoms with van der Waals surface area (Å²) in [5.41, 5.74) is 2.28. The first-order chi connectivity index (χ1) is 8.15. The summed E-state index contributed by atoms with van der Waals surface area (Å²) in [5, 5.41) is 9.00. The number of methoxy groups -OCH3 is 2. The van der Waals surface area contributed by atoms with Gasteiger partial charge < -0.3 is 9.47 Å². The Morgan fingerprint density at radius 1 is 1.24 bits per heavy atom. The van der Waals surface area contributed by atoms with Crippen molar-refractivity contribution in [3.63, 3.8) is 0 Å². The topological polar surface area (TPSA) is 42.2 Å². The minimum absolute atomic E-state index is 0.0619. The number of benzene rings is 1. The Balaban J connectivity index is 3.05. The molecule has 0 bridgehead atoms. The Labute approximate surface area is 103 Å². The molecule has 0 spiro atoms. The van der Waals surface area contributed by atoms with Gasteiger partial charge in [-0.25, -0.2) is 0 Å². The van der Waals surface area contributed by atoms with Crippen LogP contribution in [0.25, 0.3) is 0 Å². The molecule has 1 atom stereocenters. The van der Waals surface area contributed by atoms with Crippen molar-refractivity contribution >= 4 is 0 Å². The first kappa shape index (κ1) is 13.4. The van der Waals surface area contributed by atoms with Gasteiger partial charge in [-0.1, -0.05) is 6.92 Å². The second-order valence-corrected chi connectivity index (χ2v) is 4.07. The maximum absolute atomic E-state index is 9.00. The maximum atomic E-state index is 9.00. The number of nitrogens with zero attached hydrogens (tertiary/aromatic N) is 1. The lowest BCUT2D eigenvalue weighted by Gasteiger charge is -2.14. The van der Waals surface area contributed by atoms with Gasteiger partial charge in [-0.2, -0.15) is 5.26 Å². The minimum Gasteiger partial charge on any atom is -0.493 e. The van der Waals surface area contributed by atoms with Gasteiger partial charge in [-0.15, -0.1) is 0 Å². The largest absolute Gasteiger partial charge is 0.493 e. The van der Waals surface area contributed by atoms with E-state index in [-0.39, 0.29) is 5.92 Å². The van der Waals surface area contributed by atoms with Crippen molar-refractivity contribution in [1.29, 1.82) is 5.26 Å². The Morgan fingerprint density at radius 3 is 2.29 bits per heavy atom. The van der Waals surface area contributed by atoms with Crippen LogP contribution in [0.4, 0.5) is 0 Å². The van der Waals surface area contributed by atoms with E-state index in [0.29, 0.717) is 0 Å². The highest BCUT2D eigenvalue weighted by atomic mass is 16.5. The van der Waals surface area contributed by atoms with Crippen molar-refractivity contribution in [1.82, 2.24) is 0 Å². The molecule has 0 saturated heterocycles. The van der Waals surface area contributed by atoms with E-state index < -0.39 is 0 Å². The smallest absolute Gasteiger partial charge is 0.161 e. The molecule has 1 unspecified atom stereocenters. The molecule has 0 amide bonds. The molecule has 92 valence electrons. The van der Waals surface area contributed by atoms with E-state index in [2.05, 4.69) is 6.07 Å². The first-order valence-corrected chi connectivity index (χ1v) is 5.77. The monoisotopic (exact) mass is 233 g/mol. The van der Waals surface area contributed by atoms with Crippen LogP contribution < -0.4 is 9.47 Å². The fraction of sp³-hybridized carbons (Fsp3) is 0.500. The summed E-state index contributed by atoms with van der Waals surface area (Å²) in [6, 6.07) is 6.24. The van der Waals surface area contributed by atoms with Crippen LogP contribution in [-0.2, 0) is 6.42 Å². The van der Waals surface area contributed by atoms with E-state index in [0.717, 1.165) is 35.5 Å². The van der Waals surface area contributed by atoms with Crippen molar-refractivity contribution in [2.24, 2.45) is 5.92 Å². The standard InChI is InChI=1S/C14H19NO2/c1-5-11(9-15)7-12-8-14(17-4)13(16-3)6-10(12)2/h6,8,11H,5,7H2,1-4H3. The zero-order chi connectivity index (χ0) is 12.8. The minimum atomic E-state index is 0.0619. The third kappa shape index (κ3) is 3.13. The van der Waals surface area contributed by atoms with Gasteiger partial charge in [0.2, 0.25) is 0 Å². The van der Waals surface area contributed by atoms with Gasteiger partial charge in [0.25, 0.3) is 0 Å². The lowest BCUT2D eigenvalue weighted by Crippen LogP contribution is -2.03. The summed E-state index contributed by atoms with van der Waals surface area (Å²) >= 11 is 0. The second-order valence-electron chi connectivity index (χ2n) is 4.07. The van der Waals surface area contributed by atoms with Crippen LogP contribution in [-0.4, -0.2) is 14.2 Å². The Bertz CT molecular complexity index is 421. The Morgan fingerprint density at radius 2 is 1.82 bits per heavy atom. The summed E-state index contributed by atoms with van der Waals surface area (Å²) in [6.07, 6.45) is 1.63. The van der Waals surface area contributed by atoms with E-state index in [1.165, 1.54) is 0 Å². The molecule has 17 heavy (non-hydrogen) atoms. The fourth-order valence-electron chi connectivity index (χ4n) is 1.79. The van der Waals surface area contributed by atoms with Crippen LogP contribution in [0.5, 0.6) is 11.5 Å². The predicted octanol–water partition coefficient (Wildman–Crippen LogP) is 3.10. The molecule has 0 heterocycles. The van der Waals surface area contributed by atoms with Crippen LogP contribution in [0.2, 0.25) is 0 Å². The van der Waals surface area contributed by atoms with Gasteiger partial charge >= 0.3 is 0 Å². The summed E-state index contributed by atoms with van der Waals surface area (Å²) in [7, 11) is 3.25. The van der Waals surface area contributed by atoms with E-state index in [1.54, 1.807) is 14.2 Å². The predicted molar refractivity (Wildman–Crippen MR) is 67.4 cm³/mol. The number of hydrogen-bond donors (Lipinski definition) is 0. The van der Waals surface area contributed by atoms with Gasteiger partial charge in [-0.3, -0.25) is 0 Å². The van der Waals surface area contributed by atoms with E-state index in [1.807, 2.05) is 26.0 Å². The van der Waals surface area contributed by atoms with Gasteiger partial charge in [0.05, 0.1) is 26.2 Å². The van der Waals surface area contributed by atoms with Gasteiger partial charge in [0.1, 0.15) is 0 Å². The zero-order valence-electron chi connectivity index (χ0n) is 10.9. The van der Waals surface area contributed by atoms with Crippen LogP contribution >= 0.6 is 0 Å². The highest BCUT2D eigenvalue weighted by molar-refractivity contribution is 5.47. The number of ether oxygens (including phenoxy) is 2. The van der Waals surface area contributed by atoms with Crippen LogP contribution in [0.15, 0.2) is 12.1 Å². The lowest BCUT2D eigenvalue weighted by molar-refractivity contribution is 0.354. The van der Waals surface area contributed by atoms with Crippen molar-refractivity contribution in [3.8, 4) is 17.6 Å². The maximum Gasteiger partial charge on any atom is 0.161 e. The molecule has 0 aliphatic carbocycles. The molecule has 0 aromatic heterocycles. The van der Waals surface area contributed by atoms with Crippen LogP contribution in [0, 0.1) is 24.2 Å². The number of hydrogen-bond acceptors (Lipinski definition) is 3. The van der Waals surface area contributed by atoms with Crippen molar-refractivity contribution in [2.75, 3.05) is 14.2 Å². The molecule has 0 N–H and O–H groups in total. The molecule has 0 saturated carbocycles. The third-order valence-electron chi connectivity index (χ3n) is 2.98. The molecule has 0 aliphatic heterocycles. The highest BCUT2D eigenvalue weighted by Gasteiger charge is 2.12. The normalized spacial score (nSPS) is 11.7. The van der Waals surface area contributed by atoms with Crippen molar-refractivity contribution in [3.05, 3.63) is 23.3 Å². The number of rotatable bonds is 5. The molecule has 3 heteroatoms. The number of nitriles is 1. The first-order valence-electron chi connectivity index (χ1n) is 5.77. The molecule has 0 radical (unpaired) electrons. The van der Waals surface area contributed by atoms with Crippen LogP contribution in [0.3, 0.4) is 0 Å². The van der Waals surface area contributed by atoms with Crippen molar-refractivity contribution < 1.29 is 9.47 Å². The summed E-state index contributed by atoms with van der Waals surface area (Å²) < 4.78 is 10.5. The van der Waals surface area contributed by atoms with Gasteiger partial charge in [-0.05, 0) is 43.0 Å². The highest BCUT2D eigenvalue weighted by Crippen LogP contribution is 2.31.